The molecule has 132 valence electrons. The lowest BCUT2D eigenvalue weighted by Crippen LogP contribution is -1.97. The largest absolute Gasteiger partial charge is 0.489 e. The second-order valence-electron chi connectivity index (χ2n) is 5.93. The van der Waals surface area contributed by atoms with Crippen LogP contribution < -0.4 is 4.74 Å². The minimum absolute atomic E-state index is 0.153. The molecule has 2 aromatic rings. The van der Waals surface area contributed by atoms with Gasteiger partial charge in [-0.2, -0.15) is 0 Å². The maximum Gasteiger partial charge on any atom is 0.150 e. The highest BCUT2D eigenvalue weighted by Crippen LogP contribution is 2.35. The van der Waals surface area contributed by atoms with Crippen LogP contribution in [-0.4, -0.2) is 6.29 Å². The molecule has 0 amide bonds. The molecule has 0 saturated heterocycles. The summed E-state index contributed by atoms with van der Waals surface area (Å²) in [5.74, 6) is 0.575. The number of allylic oxidation sites excluding steroid dienone is 5. The van der Waals surface area contributed by atoms with E-state index in [1.165, 1.54) is 17.8 Å². The monoisotopic (exact) mass is 366 g/mol. The van der Waals surface area contributed by atoms with Crippen LogP contribution >= 0.6 is 11.8 Å². The first-order chi connectivity index (χ1) is 12.7. The third kappa shape index (κ3) is 4.73. The van der Waals surface area contributed by atoms with Gasteiger partial charge in [0.05, 0.1) is 0 Å². The summed E-state index contributed by atoms with van der Waals surface area (Å²) in [6.45, 7) is 2.50. The summed E-state index contributed by atoms with van der Waals surface area (Å²) in [5, 5.41) is 0. The minimum Gasteiger partial charge on any atom is -0.489 e. The second kappa shape index (κ2) is 8.68. The van der Waals surface area contributed by atoms with E-state index >= 15 is 0 Å². The average molecular weight is 366 g/mol. The first kappa shape index (κ1) is 18.2. The summed E-state index contributed by atoms with van der Waals surface area (Å²) in [5.41, 5.74) is 2.64. The molecule has 2 aromatic carbocycles. The molecule has 0 atom stereocenters. The Balaban J connectivity index is 1.72. The summed E-state index contributed by atoms with van der Waals surface area (Å²) in [6.07, 6.45) is 5.62. The molecule has 0 N–H and O–H groups in total. The fourth-order valence-corrected chi connectivity index (χ4v) is 3.56. The molecule has 0 radical (unpaired) electrons. The molecule has 0 aromatic heterocycles. The summed E-state index contributed by atoms with van der Waals surface area (Å²) in [6, 6.07) is 15.9. The predicted molar refractivity (Wildman–Crippen MR) is 104 cm³/mol. The highest BCUT2D eigenvalue weighted by Gasteiger charge is 2.11. The van der Waals surface area contributed by atoms with Gasteiger partial charge in [-0.15, -0.1) is 0 Å². The Kier molecular flexibility index (Phi) is 6.08. The summed E-state index contributed by atoms with van der Waals surface area (Å²) < 4.78 is 19.3. The van der Waals surface area contributed by atoms with Gasteiger partial charge >= 0.3 is 0 Å². The van der Waals surface area contributed by atoms with E-state index in [0.29, 0.717) is 12.2 Å². The molecule has 26 heavy (non-hydrogen) atoms. The molecule has 0 bridgehead atoms. The Morgan fingerprint density at radius 2 is 1.96 bits per heavy atom. The van der Waals surface area contributed by atoms with Crippen molar-refractivity contribution in [3.8, 4) is 5.75 Å². The van der Waals surface area contributed by atoms with Crippen LogP contribution in [0.5, 0.6) is 5.75 Å². The Bertz CT molecular complexity index is 882. The maximum absolute atomic E-state index is 13.4. The molecule has 0 heterocycles. The van der Waals surface area contributed by atoms with Gasteiger partial charge in [-0.05, 0) is 48.4 Å². The van der Waals surface area contributed by atoms with E-state index in [9.17, 15) is 9.18 Å². The number of carbonyl (C=O) groups excluding carboxylic acids is 1. The lowest BCUT2D eigenvalue weighted by molar-refractivity contribution is -0.104. The zero-order chi connectivity index (χ0) is 18.4. The molecule has 0 aliphatic heterocycles. The van der Waals surface area contributed by atoms with E-state index < -0.39 is 0 Å². The smallest absolute Gasteiger partial charge is 0.150 e. The molecular formula is C22H19FO2S. The number of ether oxygens (including phenoxy) is 1. The van der Waals surface area contributed by atoms with Crippen LogP contribution in [-0.2, 0) is 11.4 Å². The quantitative estimate of drug-likeness (QED) is 0.593. The Labute approximate surface area is 157 Å². The molecule has 0 unspecified atom stereocenters. The van der Waals surface area contributed by atoms with Crippen LogP contribution in [0.15, 0.2) is 88.0 Å². The van der Waals surface area contributed by atoms with E-state index in [0.717, 1.165) is 33.0 Å². The first-order valence-corrected chi connectivity index (χ1v) is 9.14. The molecule has 1 aliphatic carbocycles. The average Bonchev–Trinajstić information content (AvgIpc) is 2.83. The van der Waals surface area contributed by atoms with Gasteiger partial charge in [0.15, 0.2) is 6.29 Å². The number of carbonyl (C=O) groups is 1. The number of thioether (sulfide) groups is 1. The van der Waals surface area contributed by atoms with Gasteiger partial charge in [0, 0.05) is 21.8 Å². The van der Waals surface area contributed by atoms with Gasteiger partial charge in [0.2, 0.25) is 0 Å². The van der Waals surface area contributed by atoms with Gasteiger partial charge in [-0.25, -0.2) is 4.39 Å². The zero-order valence-corrected chi connectivity index (χ0v) is 15.3. The number of aryl methyl sites for hydroxylation is 1. The number of rotatable bonds is 6. The van der Waals surface area contributed by atoms with E-state index in [1.54, 1.807) is 12.2 Å². The van der Waals surface area contributed by atoms with Crippen molar-refractivity contribution in [3.63, 3.8) is 0 Å². The van der Waals surface area contributed by atoms with Gasteiger partial charge < -0.3 is 4.74 Å². The van der Waals surface area contributed by atoms with Crippen LogP contribution in [0.2, 0.25) is 0 Å². The van der Waals surface area contributed by atoms with Gasteiger partial charge in [-0.1, -0.05) is 48.2 Å². The van der Waals surface area contributed by atoms with Gasteiger partial charge in [0.1, 0.15) is 18.2 Å². The first-order valence-electron chi connectivity index (χ1n) is 8.33. The Morgan fingerprint density at radius 3 is 2.69 bits per heavy atom. The van der Waals surface area contributed by atoms with Crippen molar-refractivity contribution in [2.45, 2.75) is 24.8 Å². The molecule has 0 saturated carbocycles. The highest BCUT2D eigenvalue weighted by molar-refractivity contribution is 8.03. The van der Waals surface area contributed by atoms with E-state index in [-0.39, 0.29) is 12.2 Å². The molecule has 0 spiro atoms. The van der Waals surface area contributed by atoms with Crippen LogP contribution in [0.3, 0.4) is 0 Å². The summed E-state index contributed by atoms with van der Waals surface area (Å²) in [4.78, 5) is 13.0. The van der Waals surface area contributed by atoms with Crippen molar-refractivity contribution in [1.29, 1.82) is 0 Å². The summed E-state index contributed by atoms with van der Waals surface area (Å²) in [7, 11) is 0. The van der Waals surface area contributed by atoms with Crippen LogP contribution in [0.1, 0.15) is 17.5 Å². The van der Waals surface area contributed by atoms with Crippen LogP contribution in [0.4, 0.5) is 4.39 Å². The fraction of sp³-hybridized carbons (Fsp3) is 0.136. The molecule has 1 aliphatic rings. The molecule has 2 nitrogen and oxygen atoms in total. The number of aldehydes is 1. The molecule has 4 heteroatoms. The SMILES string of the molecule is Cc1cc(SC2=CC=C(F)CC=C2C=O)ccc1OCc1ccccc1. The Hall–Kier alpha value is -2.59. The Morgan fingerprint density at radius 1 is 1.15 bits per heavy atom. The van der Waals surface area contributed by atoms with Crippen molar-refractivity contribution in [2.24, 2.45) is 0 Å². The molecule has 0 fully saturated rings. The third-order valence-electron chi connectivity index (χ3n) is 3.96. The number of hydrogen-bond acceptors (Lipinski definition) is 3. The van der Waals surface area contributed by atoms with Crippen molar-refractivity contribution in [2.75, 3.05) is 0 Å². The fourth-order valence-electron chi connectivity index (χ4n) is 2.55. The number of benzene rings is 2. The van der Waals surface area contributed by atoms with Crippen molar-refractivity contribution in [3.05, 3.63) is 94.2 Å². The standard InChI is InChI=1S/C22H19FO2S/c1-16-13-20(26-22-12-9-19(23)8-7-18(22)14-24)10-11-21(16)25-15-17-5-3-2-4-6-17/h2-7,9-14H,8,15H2,1H3. The van der Waals surface area contributed by atoms with Crippen molar-refractivity contribution < 1.29 is 13.9 Å². The lowest BCUT2D eigenvalue weighted by Gasteiger charge is -2.12. The highest BCUT2D eigenvalue weighted by atomic mass is 32.2. The predicted octanol–water partition coefficient (Wildman–Crippen LogP) is 5.93. The maximum atomic E-state index is 13.4. The van der Waals surface area contributed by atoms with Gasteiger partial charge in [-0.3, -0.25) is 4.79 Å². The minimum atomic E-state index is -0.249. The molecular weight excluding hydrogens is 347 g/mol. The summed E-state index contributed by atoms with van der Waals surface area (Å²) >= 11 is 1.44. The van der Waals surface area contributed by atoms with E-state index in [1.807, 2.05) is 55.5 Å². The topological polar surface area (TPSA) is 26.3 Å². The third-order valence-corrected chi connectivity index (χ3v) is 5.04. The zero-order valence-electron chi connectivity index (χ0n) is 14.4. The van der Waals surface area contributed by atoms with E-state index in [2.05, 4.69) is 0 Å². The number of hydrogen-bond donors (Lipinski definition) is 0. The lowest BCUT2D eigenvalue weighted by atomic mass is 10.2. The van der Waals surface area contributed by atoms with Crippen LogP contribution in [0, 0.1) is 6.92 Å². The van der Waals surface area contributed by atoms with E-state index in [4.69, 9.17) is 4.74 Å². The van der Waals surface area contributed by atoms with Gasteiger partial charge in [0.25, 0.3) is 0 Å². The van der Waals surface area contributed by atoms with Crippen molar-refractivity contribution in [1.82, 2.24) is 0 Å². The van der Waals surface area contributed by atoms with Crippen molar-refractivity contribution >= 4 is 18.0 Å². The molecule has 3 rings (SSSR count). The second-order valence-corrected chi connectivity index (χ2v) is 7.04. The normalized spacial score (nSPS) is 14.0. The van der Waals surface area contributed by atoms with Crippen LogP contribution in [0.25, 0.3) is 0 Å². The number of halogens is 1.